The summed E-state index contributed by atoms with van der Waals surface area (Å²) in [5.74, 6) is 0.341. The van der Waals surface area contributed by atoms with Gasteiger partial charge >= 0.3 is 0 Å². The number of carbonyl (C=O) groups excluding carboxylic acids is 1. The Labute approximate surface area is 174 Å². The lowest BCUT2D eigenvalue weighted by Gasteiger charge is -2.43. The van der Waals surface area contributed by atoms with E-state index in [4.69, 9.17) is 4.74 Å². The van der Waals surface area contributed by atoms with Crippen LogP contribution < -0.4 is 5.32 Å². The van der Waals surface area contributed by atoms with Crippen LogP contribution in [0.5, 0.6) is 0 Å². The molecule has 1 aromatic rings. The molecule has 5 heteroatoms. The maximum Gasteiger partial charge on any atom is 0.237 e. The number of hydrogen-bond donors (Lipinski definition) is 1. The first-order chi connectivity index (χ1) is 14.1. The number of likely N-dealkylation sites (tertiary alicyclic amines) is 1. The Balaban J connectivity index is 1.41. The van der Waals surface area contributed by atoms with E-state index in [1.807, 2.05) is 0 Å². The number of benzene rings is 1. The molecule has 1 aromatic carbocycles. The molecule has 158 valence electrons. The highest BCUT2D eigenvalue weighted by molar-refractivity contribution is 5.80. The van der Waals surface area contributed by atoms with Crippen molar-refractivity contribution >= 4 is 5.91 Å². The average molecular weight is 398 g/mol. The van der Waals surface area contributed by atoms with Gasteiger partial charge in [-0.1, -0.05) is 50.1 Å². The van der Waals surface area contributed by atoms with Gasteiger partial charge in [0.05, 0.1) is 19.8 Å². The molecule has 0 unspecified atom stereocenters. The van der Waals surface area contributed by atoms with Crippen molar-refractivity contribution in [1.29, 1.82) is 0 Å². The fourth-order valence-electron chi connectivity index (χ4n) is 6.53. The summed E-state index contributed by atoms with van der Waals surface area (Å²) in [6.07, 6.45) is 7.09. The van der Waals surface area contributed by atoms with Crippen LogP contribution in [0.15, 0.2) is 30.3 Å². The molecule has 1 amide bonds. The van der Waals surface area contributed by atoms with Crippen LogP contribution in [-0.4, -0.2) is 72.7 Å². The van der Waals surface area contributed by atoms with E-state index in [2.05, 4.69) is 52.4 Å². The highest BCUT2D eigenvalue weighted by atomic mass is 16.5. The SMILES string of the molecule is C[C@@]12C[C@H]3[C@@H](Cc4ccccc4)N[C@@H]1CCCC[C@@H]2N3C(=O)CN1CCOCC1. The average Bonchev–Trinajstić information content (AvgIpc) is 2.89. The predicted molar refractivity (Wildman–Crippen MR) is 114 cm³/mol. The zero-order valence-electron chi connectivity index (χ0n) is 17.7. The van der Waals surface area contributed by atoms with Gasteiger partial charge in [-0.05, 0) is 31.2 Å². The van der Waals surface area contributed by atoms with E-state index in [0.717, 1.165) is 45.6 Å². The maximum atomic E-state index is 13.6. The van der Waals surface area contributed by atoms with Crippen molar-refractivity contribution in [2.45, 2.75) is 69.6 Å². The summed E-state index contributed by atoms with van der Waals surface area (Å²) in [4.78, 5) is 18.3. The van der Waals surface area contributed by atoms with Crippen molar-refractivity contribution in [2.24, 2.45) is 5.41 Å². The fourth-order valence-corrected chi connectivity index (χ4v) is 6.53. The zero-order valence-corrected chi connectivity index (χ0v) is 17.7. The molecule has 5 nitrogen and oxygen atoms in total. The molecule has 4 fully saturated rings. The smallest absolute Gasteiger partial charge is 0.237 e. The number of nitrogens with zero attached hydrogens (tertiary/aromatic N) is 2. The van der Waals surface area contributed by atoms with E-state index in [1.54, 1.807) is 0 Å². The normalized spacial score (nSPS) is 37.3. The van der Waals surface area contributed by atoms with Crippen LogP contribution in [0.2, 0.25) is 0 Å². The predicted octanol–water partition coefficient (Wildman–Crippen LogP) is 2.45. The van der Waals surface area contributed by atoms with Gasteiger partial charge in [-0.3, -0.25) is 9.69 Å². The lowest BCUT2D eigenvalue weighted by Crippen LogP contribution is -2.58. The Kier molecular flexibility index (Phi) is 5.39. The van der Waals surface area contributed by atoms with E-state index in [-0.39, 0.29) is 5.41 Å². The summed E-state index contributed by atoms with van der Waals surface area (Å²) >= 11 is 0. The lowest BCUT2D eigenvalue weighted by molar-refractivity contribution is -0.137. The Morgan fingerprint density at radius 3 is 2.72 bits per heavy atom. The van der Waals surface area contributed by atoms with Gasteiger partial charge in [0.1, 0.15) is 0 Å². The van der Waals surface area contributed by atoms with Gasteiger partial charge in [-0.25, -0.2) is 0 Å². The van der Waals surface area contributed by atoms with Gasteiger partial charge in [-0.15, -0.1) is 0 Å². The van der Waals surface area contributed by atoms with Crippen LogP contribution in [0.3, 0.4) is 0 Å². The Hall–Kier alpha value is -1.43. The first-order valence-corrected chi connectivity index (χ1v) is 11.6. The molecule has 1 aliphatic carbocycles. The van der Waals surface area contributed by atoms with Gasteiger partial charge in [0.25, 0.3) is 0 Å². The number of hydrogen-bond acceptors (Lipinski definition) is 4. The molecule has 4 aliphatic rings. The first-order valence-electron chi connectivity index (χ1n) is 11.6. The highest BCUT2D eigenvalue weighted by Crippen LogP contribution is 2.52. The van der Waals surface area contributed by atoms with E-state index in [0.29, 0.717) is 36.6 Å². The molecule has 0 aromatic heterocycles. The molecular formula is C24H35N3O2. The number of fused-ring (bicyclic) bond motifs is 1. The molecule has 5 atom stereocenters. The molecular weight excluding hydrogens is 362 g/mol. The second-order valence-electron chi connectivity index (χ2n) is 9.78. The molecule has 0 radical (unpaired) electrons. The van der Waals surface area contributed by atoms with Crippen LogP contribution in [0.4, 0.5) is 0 Å². The number of carbonyl (C=O) groups is 1. The van der Waals surface area contributed by atoms with Gasteiger partial charge < -0.3 is 15.0 Å². The van der Waals surface area contributed by atoms with Crippen molar-refractivity contribution in [1.82, 2.24) is 15.1 Å². The second kappa shape index (κ2) is 8.01. The minimum atomic E-state index is 0.217. The minimum absolute atomic E-state index is 0.217. The molecule has 1 saturated carbocycles. The molecule has 1 N–H and O–H groups in total. The van der Waals surface area contributed by atoms with Crippen LogP contribution in [0.1, 0.15) is 44.6 Å². The molecule has 2 bridgehead atoms. The standard InChI is InChI=1S/C24H35N3O2/c1-24-16-20-19(15-18-7-3-2-4-8-18)25-21(24)9-5-6-10-22(24)27(20)23(28)17-26-11-13-29-14-12-26/h2-4,7-8,19-22,25H,5-6,9-17H2,1H3/t19-,20+,21-,22+,24-/m1/s1. The summed E-state index contributed by atoms with van der Waals surface area (Å²) < 4.78 is 5.48. The third-order valence-corrected chi connectivity index (χ3v) is 8.05. The summed E-state index contributed by atoms with van der Waals surface area (Å²) in [5, 5.41) is 4.04. The van der Waals surface area contributed by atoms with E-state index >= 15 is 0 Å². The van der Waals surface area contributed by atoms with Crippen molar-refractivity contribution in [2.75, 3.05) is 32.8 Å². The molecule has 29 heavy (non-hydrogen) atoms. The molecule has 3 aliphatic heterocycles. The highest BCUT2D eigenvalue weighted by Gasteiger charge is 2.60. The van der Waals surface area contributed by atoms with Crippen LogP contribution >= 0.6 is 0 Å². The molecule has 3 saturated heterocycles. The van der Waals surface area contributed by atoms with Crippen molar-refractivity contribution in [3.8, 4) is 0 Å². The summed E-state index contributed by atoms with van der Waals surface area (Å²) in [5.41, 5.74) is 1.59. The second-order valence-corrected chi connectivity index (χ2v) is 9.78. The quantitative estimate of drug-likeness (QED) is 0.848. The Bertz CT molecular complexity index is 720. The number of morpholine rings is 1. The third kappa shape index (κ3) is 3.62. The topological polar surface area (TPSA) is 44.8 Å². The van der Waals surface area contributed by atoms with E-state index in [1.165, 1.54) is 24.8 Å². The molecule has 3 heterocycles. The van der Waals surface area contributed by atoms with E-state index < -0.39 is 0 Å². The minimum Gasteiger partial charge on any atom is -0.379 e. The first kappa shape index (κ1) is 19.5. The number of nitrogens with one attached hydrogen (secondary N) is 1. The molecule has 0 spiro atoms. The van der Waals surface area contributed by atoms with Crippen molar-refractivity contribution < 1.29 is 9.53 Å². The summed E-state index contributed by atoms with van der Waals surface area (Å²) in [6, 6.07) is 12.4. The molecule has 5 rings (SSSR count). The third-order valence-electron chi connectivity index (χ3n) is 8.05. The fraction of sp³-hybridized carbons (Fsp3) is 0.708. The Morgan fingerprint density at radius 2 is 1.93 bits per heavy atom. The number of amides is 1. The number of piperidine rings is 1. The van der Waals surface area contributed by atoms with Gasteiger partial charge in [-0.2, -0.15) is 0 Å². The van der Waals surface area contributed by atoms with Crippen LogP contribution in [0, 0.1) is 5.41 Å². The van der Waals surface area contributed by atoms with Gasteiger partial charge in [0.2, 0.25) is 5.91 Å². The van der Waals surface area contributed by atoms with Crippen molar-refractivity contribution in [3.05, 3.63) is 35.9 Å². The largest absolute Gasteiger partial charge is 0.379 e. The van der Waals surface area contributed by atoms with Crippen LogP contribution in [0.25, 0.3) is 0 Å². The number of rotatable bonds is 4. The zero-order chi connectivity index (χ0) is 19.8. The van der Waals surface area contributed by atoms with E-state index in [9.17, 15) is 4.79 Å². The summed E-state index contributed by atoms with van der Waals surface area (Å²) in [7, 11) is 0. The Morgan fingerprint density at radius 1 is 1.17 bits per heavy atom. The van der Waals surface area contributed by atoms with Gasteiger partial charge in [0.15, 0.2) is 0 Å². The number of ether oxygens (including phenoxy) is 1. The summed E-state index contributed by atoms with van der Waals surface area (Å²) in [6.45, 7) is 6.25. The van der Waals surface area contributed by atoms with Crippen LogP contribution in [-0.2, 0) is 16.0 Å². The monoisotopic (exact) mass is 397 g/mol. The van der Waals surface area contributed by atoms with Crippen molar-refractivity contribution in [3.63, 3.8) is 0 Å². The van der Waals surface area contributed by atoms with Gasteiger partial charge in [0, 0.05) is 42.7 Å². The maximum absolute atomic E-state index is 13.6. The lowest BCUT2D eigenvalue weighted by atomic mass is 9.70.